The van der Waals surface area contributed by atoms with Crippen LogP contribution >= 0.6 is 0 Å². The van der Waals surface area contributed by atoms with Gasteiger partial charge >= 0.3 is 0 Å². The van der Waals surface area contributed by atoms with Gasteiger partial charge in [0.2, 0.25) is 0 Å². The Balaban J connectivity index is 2.22. The third-order valence-corrected chi connectivity index (χ3v) is 3.72. The van der Waals surface area contributed by atoms with Gasteiger partial charge in [0.1, 0.15) is 6.04 Å². The molecule has 1 aromatic carbocycles. The minimum Gasteiger partial charge on any atom is -0.493 e. The Morgan fingerprint density at radius 3 is 2.70 bits per heavy atom. The van der Waals surface area contributed by atoms with Gasteiger partial charge < -0.3 is 14.8 Å². The molecular weight excluding hydrogens is 254 g/mol. The Morgan fingerprint density at radius 1 is 1.35 bits per heavy atom. The van der Waals surface area contributed by atoms with Crippen molar-refractivity contribution in [2.24, 2.45) is 0 Å². The van der Waals surface area contributed by atoms with Gasteiger partial charge in [0.05, 0.1) is 20.3 Å². The van der Waals surface area contributed by atoms with E-state index in [0.717, 1.165) is 43.2 Å². The van der Waals surface area contributed by atoms with Crippen LogP contribution in [0.25, 0.3) is 0 Å². The van der Waals surface area contributed by atoms with Gasteiger partial charge in [-0.25, -0.2) is 0 Å². The normalized spacial score (nSPS) is 19.4. The fourth-order valence-electron chi connectivity index (χ4n) is 2.47. The van der Waals surface area contributed by atoms with Crippen LogP contribution in [0, 0.1) is 18.3 Å². The summed E-state index contributed by atoms with van der Waals surface area (Å²) < 4.78 is 10.7. The monoisotopic (exact) mass is 275 g/mol. The van der Waals surface area contributed by atoms with E-state index < -0.39 is 0 Å². The fourth-order valence-corrected chi connectivity index (χ4v) is 2.47. The molecule has 0 saturated carbocycles. The van der Waals surface area contributed by atoms with Crippen molar-refractivity contribution in [3.05, 3.63) is 23.3 Å². The van der Waals surface area contributed by atoms with Gasteiger partial charge in [-0.1, -0.05) is 0 Å². The predicted molar refractivity (Wildman–Crippen MR) is 77.0 cm³/mol. The molecule has 1 fully saturated rings. The second-order valence-corrected chi connectivity index (χ2v) is 4.95. The smallest absolute Gasteiger partial charge is 0.161 e. The maximum absolute atomic E-state index is 9.22. The van der Waals surface area contributed by atoms with Crippen molar-refractivity contribution in [3.63, 3.8) is 0 Å². The Morgan fingerprint density at radius 2 is 2.05 bits per heavy atom. The molecule has 1 aromatic rings. The second kappa shape index (κ2) is 6.60. The van der Waals surface area contributed by atoms with E-state index in [9.17, 15) is 5.26 Å². The molecule has 108 valence electrons. The lowest BCUT2D eigenvalue weighted by Gasteiger charge is -2.32. The zero-order chi connectivity index (χ0) is 14.5. The van der Waals surface area contributed by atoms with Crippen molar-refractivity contribution in [1.29, 1.82) is 5.26 Å². The molecule has 0 spiro atoms. The third-order valence-electron chi connectivity index (χ3n) is 3.72. The third kappa shape index (κ3) is 3.03. The maximum atomic E-state index is 9.22. The van der Waals surface area contributed by atoms with Crippen LogP contribution < -0.4 is 14.8 Å². The molecule has 1 heterocycles. The van der Waals surface area contributed by atoms with Crippen LogP contribution in [0.15, 0.2) is 12.1 Å². The molecular formula is C15H21N3O2. The lowest BCUT2D eigenvalue weighted by atomic mass is 10.1. The molecule has 5 heteroatoms. The van der Waals surface area contributed by atoms with Crippen LogP contribution in [0.4, 0.5) is 0 Å². The molecule has 5 nitrogen and oxygen atoms in total. The molecule has 0 bridgehead atoms. The summed E-state index contributed by atoms with van der Waals surface area (Å²) in [5, 5.41) is 12.5. The van der Waals surface area contributed by atoms with Gasteiger partial charge in [0, 0.05) is 26.2 Å². The number of aryl methyl sites for hydroxylation is 1. The number of rotatable bonds is 4. The van der Waals surface area contributed by atoms with Gasteiger partial charge in [-0.15, -0.1) is 0 Å². The minimum absolute atomic E-state index is 0.0729. The van der Waals surface area contributed by atoms with Crippen LogP contribution in [-0.4, -0.2) is 44.8 Å². The van der Waals surface area contributed by atoms with Crippen LogP contribution in [0.2, 0.25) is 0 Å². The summed E-state index contributed by atoms with van der Waals surface area (Å²) in [6, 6.07) is 6.27. The number of hydrogen-bond donors (Lipinski definition) is 1. The molecule has 1 saturated heterocycles. The lowest BCUT2D eigenvalue weighted by molar-refractivity contribution is 0.188. The van der Waals surface area contributed by atoms with Crippen molar-refractivity contribution >= 4 is 0 Å². The first kappa shape index (κ1) is 14.6. The van der Waals surface area contributed by atoms with Crippen molar-refractivity contribution < 1.29 is 9.47 Å². The Kier molecular flexibility index (Phi) is 4.83. The molecule has 1 N–H and O–H groups in total. The largest absolute Gasteiger partial charge is 0.493 e. The summed E-state index contributed by atoms with van der Waals surface area (Å²) in [5.74, 6) is 1.47. The van der Waals surface area contributed by atoms with Crippen LogP contribution in [0.5, 0.6) is 11.5 Å². The Bertz CT molecular complexity index is 511. The maximum Gasteiger partial charge on any atom is 0.161 e. The standard InChI is InChI=1S/C15H21N3O2/c1-11-6-14(19-2)15(20-3)7-12(11)10-18-5-4-17-9-13(18)8-16/h6-7,13,17H,4-5,9-10H2,1-3H3. The quantitative estimate of drug-likeness (QED) is 0.898. The highest BCUT2D eigenvalue weighted by molar-refractivity contribution is 5.47. The summed E-state index contributed by atoms with van der Waals surface area (Å²) in [7, 11) is 3.28. The zero-order valence-electron chi connectivity index (χ0n) is 12.3. The summed E-state index contributed by atoms with van der Waals surface area (Å²) >= 11 is 0. The summed E-state index contributed by atoms with van der Waals surface area (Å²) in [4.78, 5) is 2.20. The van der Waals surface area contributed by atoms with Gasteiger partial charge in [-0.3, -0.25) is 4.90 Å². The predicted octanol–water partition coefficient (Wildman–Crippen LogP) is 1.31. The lowest BCUT2D eigenvalue weighted by Crippen LogP contribution is -2.50. The molecule has 20 heavy (non-hydrogen) atoms. The van der Waals surface area contributed by atoms with Crippen molar-refractivity contribution in [2.75, 3.05) is 33.9 Å². The minimum atomic E-state index is -0.0729. The molecule has 0 amide bonds. The molecule has 0 radical (unpaired) electrons. The number of nitriles is 1. The zero-order valence-corrected chi connectivity index (χ0v) is 12.3. The average Bonchev–Trinajstić information content (AvgIpc) is 2.49. The number of hydrogen-bond acceptors (Lipinski definition) is 5. The number of nitrogens with one attached hydrogen (secondary N) is 1. The second-order valence-electron chi connectivity index (χ2n) is 4.95. The SMILES string of the molecule is COc1cc(C)c(CN2CCNCC2C#N)cc1OC. The molecule has 1 atom stereocenters. The number of ether oxygens (including phenoxy) is 2. The molecule has 0 aromatic heterocycles. The number of nitrogens with zero attached hydrogens (tertiary/aromatic N) is 2. The topological polar surface area (TPSA) is 57.5 Å². The molecule has 1 aliphatic heterocycles. The van der Waals surface area contributed by atoms with E-state index in [0.29, 0.717) is 0 Å². The molecule has 1 aliphatic rings. The van der Waals surface area contributed by atoms with E-state index in [1.54, 1.807) is 14.2 Å². The first-order valence-corrected chi connectivity index (χ1v) is 6.75. The number of benzene rings is 1. The molecule has 0 aliphatic carbocycles. The van der Waals surface area contributed by atoms with Crippen molar-refractivity contribution in [3.8, 4) is 17.6 Å². The first-order valence-electron chi connectivity index (χ1n) is 6.75. The highest BCUT2D eigenvalue weighted by Gasteiger charge is 2.22. The molecule has 2 rings (SSSR count). The van der Waals surface area contributed by atoms with E-state index in [1.165, 1.54) is 5.56 Å². The Hall–Kier alpha value is -1.77. The molecule has 1 unspecified atom stereocenters. The number of piperazine rings is 1. The first-order chi connectivity index (χ1) is 9.69. The summed E-state index contributed by atoms with van der Waals surface area (Å²) in [6.07, 6.45) is 0. The van der Waals surface area contributed by atoms with E-state index in [4.69, 9.17) is 9.47 Å². The fraction of sp³-hybridized carbons (Fsp3) is 0.533. The average molecular weight is 275 g/mol. The van der Waals surface area contributed by atoms with Gasteiger partial charge in [-0.05, 0) is 30.2 Å². The van der Waals surface area contributed by atoms with E-state index >= 15 is 0 Å². The van der Waals surface area contributed by atoms with E-state index in [2.05, 4.69) is 23.2 Å². The van der Waals surface area contributed by atoms with Crippen LogP contribution in [0.3, 0.4) is 0 Å². The highest BCUT2D eigenvalue weighted by Crippen LogP contribution is 2.31. The number of methoxy groups -OCH3 is 2. The van der Waals surface area contributed by atoms with Crippen LogP contribution in [-0.2, 0) is 6.54 Å². The Labute approximate surface area is 120 Å². The van der Waals surface area contributed by atoms with Gasteiger partial charge in [0.25, 0.3) is 0 Å². The van der Waals surface area contributed by atoms with Crippen LogP contribution in [0.1, 0.15) is 11.1 Å². The van der Waals surface area contributed by atoms with Crippen molar-refractivity contribution in [1.82, 2.24) is 10.2 Å². The highest BCUT2D eigenvalue weighted by atomic mass is 16.5. The van der Waals surface area contributed by atoms with E-state index in [1.807, 2.05) is 12.1 Å². The van der Waals surface area contributed by atoms with Gasteiger partial charge in [0.15, 0.2) is 11.5 Å². The summed E-state index contributed by atoms with van der Waals surface area (Å²) in [5.41, 5.74) is 2.32. The summed E-state index contributed by atoms with van der Waals surface area (Å²) in [6.45, 7) is 5.34. The van der Waals surface area contributed by atoms with E-state index in [-0.39, 0.29) is 6.04 Å². The van der Waals surface area contributed by atoms with Gasteiger partial charge in [-0.2, -0.15) is 5.26 Å². The van der Waals surface area contributed by atoms with Crippen molar-refractivity contribution in [2.45, 2.75) is 19.5 Å².